The molecule has 0 amide bonds. The molecule has 1 fully saturated rings. The van der Waals surface area contributed by atoms with Crippen molar-refractivity contribution in [3.05, 3.63) is 0 Å². The minimum absolute atomic E-state index is 0.319. The molecule has 0 aromatic rings. The maximum absolute atomic E-state index is 2.47. The molecule has 0 spiro atoms. The lowest BCUT2D eigenvalue weighted by Crippen LogP contribution is -2.66. The lowest BCUT2D eigenvalue weighted by atomic mass is 9.32. The van der Waals surface area contributed by atoms with Crippen LogP contribution in [0.25, 0.3) is 0 Å². The Balaban J connectivity index is 0.00000154. The van der Waals surface area contributed by atoms with E-state index in [-0.39, 0.29) is 0 Å². The molecule has 0 radical (unpaired) electrons. The molecule has 0 aromatic heterocycles. The second-order valence-corrected chi connectivity index (χ2v) is 9.04. The molecule has 1 saturated carbocycles. The second kappa shape index (κ2) is 4.78. The van der Waals surface area contributed by atoms with Crippen LogP contribution in [0.15, 0.2) is 0 Å². The third-order valence-electron chi connectivity index (χ3n) is 8.51. The monoisotopic (exact) mass is 268 g/mol. The number of hydrogen-bond acceptors (Lipinski definition) is 0. The maximum atomic E-state index is 2.47. The highest BCUT2D eigenvalue weighted by Crippen LogP contribution is 2.73. The molecule has 1 aliphatic rings. The maximum Gasteiger partial charge on any atom is -0.0241 e. The summed E-state index contributed by atoms with van der Waals surface area (Å²) in [7, 11) is 0. The van der Waals surface area contributed by atoms with Crippen LogP contribution in [-0.4, -0.2) is 0 Å². The van der Waals surface area contributed by atoms with Gasteiger partial charge in [-0.2, -0.15) is 0 Å². The van der Waals surface area contributed by atoms with Crippen LogP contribution in [0.3, 0.4) is 0 Å². The summed E-state index contributed by atoms with van der Waals surface area (Å²) in [4.78, 5) is 0. The minimum Gasteiger partial charge on any atom is -0.0683 e. The molecule has 0 N–H and O–H groups in total. The van der Waals surface area contributed by atoms with Crippen LogP contribution in [0.4, 0.5) is 0 Å². The average molecular weight is 269 g/mol. The molecule has 0 bridgehead atoms. The Morgan fingerprint density at radius 2 is 0.684 bits per heavy atom. The van der Waals surface area contributed by atoms with Crippen molar-refractivity contribution in [2.45, 2.75) is 90.0 Å². The summed E-state index contributed by atoms with van der Waals surface area (Å²) >= 11 is 0. The van der Waals surface area contributed by atoms with Gasteiger partial charge in [0.2, 0.25) is 0 Å². The van der Waals surface area contributed by atoms with E-state index < -0.39 is 0 Å². The van der Waals surface area contributed by atoms with E-state index in [4.69, 9.17) is 0 Å². The van der Waals surface area contributed by atoms with Crippen LogP contribution in [0.5, 0.6) is 0 Å². The van der Waals surface area contributed by atoms with Gasteiger partial charge in [-0.1, -0.05) is 90.0 Å². The van der Waals surface area contributed by atoms with E-state index in [0.29, 0.717) is 33.0 Å². The molecule has 19 heavy (non-hydrogen) atoms. The SMILES string of the molecule is CC.CC1C(C)(C)C(C)(C)C(C)(C)C(C)(C)C1(C)C. The Hall–Kier alpha value is 0. The second-order valence-electron chi connectivity index (χ2n) is 9.04. The summed E-state index contributed by atoms with van der Waals surface area (Å²) in [5.41, 5.74) is 1.70. The first-order chi connectivity index (χ1) is 8.15. The van der Waals surface area contributed by atoms with Gasteiger partial charge < -0.3 is 0 Å². The van der Waals surface area contributed by atoms with Crippen molar-refractivity contribution in [3.8, 4) is 0 Å². The lowest BCUT2D eigenvalue weighted by molar-refractivity contribution is -0.242. The fourth-order valence-corrected chi connectivity index (χ4v) is 4.38. The van der Waals surface area contributed by atoms with Gasteiger partial charge in [-0.3, -0.25) is 0 Å². The first kappa shape index (κ1) is 19.0. The van der Waals surface area contributed by atoms with Crippen LogP contribution in [0.1, 0.15) is 90.0 Å². The normalized spacial score (nSPS) is 30.2. The molecule has 0 aromatic carbocycles. The van der Waals surface area contributed by atoms with Gasteiger partial charge >= 0.3 is 0 Å². The molecule has 0 atom stereocenters. The van der Waals surface area contributed by atoms with Crippen molar-refractivity contribution in [1.29, 1.82) is 0 Å². The number of hydrogen-bond donors (Lipinski definition) is 0. The standard InChI is InChI=1S/C17H34.C2H6/c1-12-13(2,3)15(6,7)17(10,11)16(8,9)14(12,4)5;1-2/h12H,1-11H3;1-2H3. The molecule has 1 aliphatic carbocycles. The zero-order chi connectivity index (χ0) is 16.1. The smallest absolute Gasteiger partial charge is 0.0241 e. The van der Waals surface area contributed by atoms with Crippen LogP contribution in [-0.2, 0) is 0 Å². The van der Waals surface area contributed by atoms with Crippen LogP contribution in [0, 0.1) is 33.0 Å². The summed E-state index contributed by atoms with van der Waals surface area (Å²) in [6, 6.07) is 0. The molecule has 1 rings (SSSR count). The predicted octanol–water partition coefficient (Wildman–Crippen LogP) is 6.79. The predicted molar refractivity (Wildman–Crippen MR) is 89.4 cm³/mol. The average Bonchev–Trinajstić information content (AvgIpc) is 2.28. The Morgan fingerprint density at radius 1 is 0.474 bits per heavy atom. The summed E-state index contributed by atoms with van der Waals surface area (Å²) in [5, 5.41) is 0. The van der Waals surface area contributed by atoms with E-state index in [1.165, 1.54) is 0 Å². The zero-order valence-electron chi connectivity index (χ0n) is 16.1. The molecule has 0 nitrogen and oxygen atoms in total. The zero-order valence-corrected chi connectivity index (χ0v) is 16.1. The highest BCUT2D eigenvalue weighted by molar-refractivity contribution is 5.15. The van der Waals surface area contributed by atoms with Crippen LogP contribution >= 0.6 is 0 Å². The number of rotatable bonds is 0. The van der Waals surface area contributed by atoms with Gasteiger partial charge in [-0.15, -0.1) is 0 Å². The third kappa shape index (κ3) is 2.00. The van der Waals surface area contributed by atoms with Crippen molar-refractivity contribution in [1.82, 2.24) is 0 Å². The van der Waals surface area contributed by atoms with E-state index >= 15 is 0 Å². The molecular formula is C19H40. The molecule has 0 heterocycles. The van der Waals surface area contributed by atoms with Gasteiger partial charge in [0.15, 0.2) is 0 Å². The summed E-state index contributed by atoms with van der Waals surface area (Å²) in [6.45, 7) is 31.2. The van der Waals surface area contributed by atoms with Gasteiger partial charge in [-0.25, -0.2) is 0 Å². The van der Waals surface area contributed by atoms with E-state index in [9.17, 15) is 0 Å². The topological polar surface area (TPSA) is 0 Å². The van der Waals surface area contributed by atoms with Gasteiger partial charge in [0.1, 0.15) is 0 Å². The summed E-state index contributed by atoms with van der Waals surface area (Å²) < 4.78 is 0. The minimum atomic E-state index is 0.319. The van der Waals surface area contributed by atoms with Crippen molar-refractivity contribution in [2.75, 3.05) is 0 Å². The van der Waals surface area contributed by atoms with Crippen molar-refractivity contribution in [3.63, 3.8) is 0 Å². The quantitative estimate of drug-likeness (QED) is 0.453. The fraction of sp³-hybridized carbons (Fsp3) is 1.00. The highest BCUT2D eigenvalue weighted by Gasteiger charge is 2.67. The van der Waals surface area contributed by atoms with Crippen LogP contribution in [0.2, 0.25) is 0 Å². The van der Waals surface area contributed by atoms with Gasteiger partial charge in [0.05, 0.1) is 0 Å². The lowest BCUT2D eigenvalue weighted by Gasteiger charge is -2.72. The summed E-state index contributed by atoms with van der Waals surface area (Å²) in [5.74, 6) is 0.716. The highest BCUT2D eigenvalue weighted by atomic mass is 14.7. The third-order valence-corrected chi connectivity index (χ3v) is 8.51. The van der Waals surface area contributed by atoms with Crippen molar-refractivity contribution >= 4 is 0 Å². The molecule has 0 unspecified atom stereocenters. The van der Waals surface area contributed by atoms with E-state index in [1.54, 1.807) is 0 Å². The van der Waals surface area contributed by atoms with Crippen LogP contribution < -0.4 is 0 Å². The molecular weight excluding hydrogens is 228 g/mol. The molecule has 0 aliphatic heterocycles. The Morgan fingerprint density at radius 3 is 0.895 bits per heavy atom. The van der Waals surface area contributed by atoms with Gasteiger partial charge in [-0.05, 0) is 33.0 Å². The molecule has 0 heteroatoms. The molecule has 116 valence electrons. The van der Waals surface area contributed by atoms with E-state index in [0.717, 1.165) is 0 Å². The Bertz CT molecular complexity index is 283. The summed E-state index contributed by atoms with van der Waals surface area (Å²) in [6.07, 6.45) is 0. The molecule has 0 saturated heterocycles. The van der Waals surface area contributed by atoms with Crippen molar-refractivity contribution < 1.29 is 0 Å². The van der Waals surface area contributed by atoms with E-state index in [2.05, 4.69) is 76.2 Å². The first-order valence-electron chi connectivity index (χ1n) is 8.15. The van der Waals surface area contributed by atoms with E-state index in [1.807, 2.05) is 13.8 Å². The largest absolute Gasteiger partial charge is 0.0683 e. The van der Waals surface area contributed by atoms with Gasteiger partial charge in [0.25, 0.3) is 0 Å². The Kier molecular flexibility index (Phi) is 4.78. The first-order valence-corrected chi connectivity index (χ1v) is 8.15. The van der Waals surface area contributed by atoms with Crippen molar-refractivity contribution in [2.24, 2.45) is 33.0 Å². The fourth-order valence-electron chi connectivity index (χ4n) is 4.38. The van der Waals surface area contributed by atoms with Gasteiger partial charge in [0, 0.05) is 0 Å². The Labute approximate surface area is 123 Å².